The SMILES string of the molecule is COC(=O)[C@H](CS)NC(/C=C(\C)CCC=C(C)C)(Nc1ccccc1)[N+](=O)[O-]. The molecule has 0 heterocycles. The molecule has 154 valence electrons. The number of rotatable bonds is 11. The zero-order valence-corrected chi connectivity index (χ0v) is 17.7. The second kappa shape index (κ2) is 11.5. The average molecular weight is 408 g/mol. The number of thiol groups is 1. The maximum Gasteiger partial charge on any atom is 0.373 e. The molecular formula is C20H29N3O4S. The number of carbonyl (C=O) groups is 1. The second-order valence-electron chi connectivity index (χ2n) is 6.73. The number of methoxy groups -OCH3 is 1. The van der Waals surface area contributed by atoms with E-state index in [1.807, 2.05) is 26.8 Å². The third-order valence-corrected chi connectivity index (χ3v) is 4.37. The molecule has 0 fully saturated rings. The fourth-order valence-electron chi connectivity index (χ4n) is 2.61. The number of esters is 1. The topological polar surface area (TPSA) is 93.5 Å². The average Bonchev–Trinajstić information content (AvgIpc) is 2.65. The lowest BCUT2D eigenvalue weighted by Gasteiger charge is -2.29. The number of anilines is 1. The predicted molar refractivity (Wildman–Crippen MR) is 115 cm³/mol. The van der Waals surface area contributed by atoms with E-state index < -0.39 is 22.7 Å². The first-order chi connectivity index (χ1) is 13.2. The lowest BCUT2D eigenvalue weighted by atomic mass is 10.1. The number of hydrogen-bond acceptors (Lipinski definition) is 7. The zero-order valence-electron chi connectivity index (χ0n) is 16.8. The highest BCUT2D eigenvalue weighted by molar-refractivity contribution is 7.80. The number of nitrogens with one attached hydrogen (secondary N) is 2. The molecule has 0 aromatic heterocycles. The van der Waals surface area contributed by atoms with Crippen molar-refractivity contribution in [1.29, 1.82) is 0 Å². The summed E-state index contributed by atoms with van der Waals surface area (Å²) in [5.41, 5.74) is 2.55. The van der Waals surface area contributed by atoms with Gasteiger partial charge in [0.15, 0.2) is 0 Å². The number of benzene rings is 1. The Morgan fingerprint density at radius 1 is 1.32 bits per heavy atom. The Hall–Kier alpha value is -2.32. The summed E-state index contributed by atoms with van der Waals surface area (Å²) in [7, 11) is 1.24. The maximum absolute atomic E-state index is 12.2. The minimum atomic E-state index is -1.89. The van der Waals surface area contributed by atoms with Crippen molar-refractivity contribution in [2.75, 3.05) is 18.2 Å². The maximum atomic E-state index is 12.2. The summed E-state index contributed by atoms with van der Waals surface area (Å²) in [5.74, 6) is -2.46. The van der Waals surface area contributed by atoms with Crippen molar-refractivity contribution >= 4 is 24.3 Å². The molecule has 2 N–H and O–H groups in total. The van der Waals surface area contributed by atoms with E-state index in [4.69, 9.17) is 4.74 Å². The first kappa shape index (κ1) is 23.7. The van der Waals surface area contributed by atoms with Crippen LogP contribution in [0.2, 0.25) is 0 Å². The van der Waals surface area contributed by atoms with Gasteiger partial charge in [0.1, 0.15) is 6.04 Å². The van der Waals surface area contributed by atoms with E-state index in [0.717, 1.165) is 12.0 Å². The second-order valence-corrected chi connectivity index (χ2v) is 7.09. The summed E-state index contributed by atoms with van der Waals surface area (Å²) in [4.78, 5) is 23.7. The molecule has 1 aromatic carbocycles. The molecule has 0 aliphatic carbocycles. The molecule has 0 amide bonds. The van der Waals surface area contributed by atoms with Crippen molar-refractivity contribution in [3.8, 4) is 0 Å². The Morgan fingerprint density at radius 2 is 1.96 bits per heavy atom. The molecule has 0 radical (unpaired) electrons. The highest BCUT2D eigenvalue weighted by Crippen LogP contribution is 2.20. The predicted octanol–water partition coefficient (Wildman–Crippen LogP) is 3.78. The van der Waals surface area contributed by atoms with Crippen LogP contribution in [0.5, 0.6) is 0 Å². The third kappa shape index (κ3) is 7.36. The van der Waals surface area contributed by atoms with Crippen molar-refractivity contribution in [3.05, 3.63) is 63.7 Å². The number of para-hydroxylation sites is 1. The largest absolute Gasteiger partial charge is 0.468 e. The van der Waals surface area contributed by atoms with Crippen LogP contribution < -0.4 is 10.6 Å². The number of hydrogen-bond donors (Lipinski definition) is 3. The van der Waals surface area contributed by atoms with Gasteiger partial charge in [0.2, 0.25) is 0 Å². The van der Waals surface area contributed by atoms with Crippen LogP contribution in [0.1, 0.15) is 33.6 Å². The Labute approximate surface area is 171 Å². The third-order valence-electron chi connectivity index (χ3n) is 4.01. The number of carbonyl (C=O) groups excluding carboxylic acids is 1. The van der Waals surface area contributed by atoms with Crippen LogP contribution in [-0.2, 0) is 9.53 Å². The van der Waals surface area contributed by atoms with E-state index in [9.17, 15) is 14.9 Å². The minimum Gasteiger partial charge on any atom is -0.468 e. The Bertz CT molecular complexity index is 717. The van der Waals surface area contributed by atoms with Crippen LogP contribution in [0, 0.1) is 10.1 Å². The normalized spacial score (nSPS) is 14.5. The number of nitrogens with zero attached hydrogens (tertiary/aromatic N) is 1. The molecule has 0 spiro atoms. The van der Waals surface area contributed by atoms with Crippen LogP contribution in [0.4, 0.5) is 5.69 Å². The number of nitro groups is 1. The summed E-state index contributed by atoms with van der Waals surface area (Å²) in [5, 5.41) is 17.9. The minimum absolute atomic E-state index is 0.0450. The molecule has 0 saturated carbocycles. The molecule has 0 saturated heterocycles. The Balaban J connectivity index is 3.29. The Morgan fingerprint density at radius 3 is 2.46 bits per heavy atom. The molecule has 0 aliphatic rings. The smallest absolute Gasteiger partial charge is 0.373 e. The summed E-state index contributed by atoms with van der Waals surface area (Å²) in [6.07, 6.45) is 5.02. The van der Waals surface area contributed by atoms with E-state index in [0.29, 0.717) is 12.1 Å². The highest BCUT2D eigenvalue weighted by atomic mass is 32.1. The van der Waals surface area contributed by atoms with Crippen molar-refractivity contribution in [2.45, 2.75) is 45.4 Å². The van der Waals surface area contributed by atoms with Crippen LogP contribution >= 0.6 is 12.6 Å². The molecule has 8 heteroatoms. The zero-order chi connectivity index (χ0) is 21.2. The van der Waals surface area contributed by atoms with Gasteiger partial charge in [-0.25, -0.2) is 5.32 Å². The monoisotopic (exact) mass is 407 g/mol. The molecule has 28 heavy (non-hydrogen) atoms. The summed E-state index contributed by atoms with van der Waals surface area (Å²) < 4.78 is 4.75. The standard InChI is InChI=1S/C20H29N3O4S/c1-15(2)9-8-10-16(3)13-20(23(25)26,21-17-11-6-5-7-12-17)22-18(14-28)19(24)27-4/h5-7,9,11-13,18,21-22,28H,8,10,14H2,1-4H3/b16-13+/t18-,20?/m0/s1. The van der Waals surface area contributed by atoms with Gasteiger partial charge < -0.3 is 10.1 Å². The van der Waals surface area contributed by atoms with Crippen LogP contribution in [-0.4, -0.2) is 35.6 Å². The lowest BCUT2D eigenvalue weighted by Crippen LogP contribution is -2.62. The fourth-order valence-corrected chi connectivity index (χ4v) is 2.85. The van der Waals surface area contributed by atoms with Gasteiger partial charge in [-0.3, -0.25) is 14.9 Å². The lowest BCUT2D eigenvalue weighted by molar-refractivity contribution is -0.555. The fraction of sp³-hybridized carbons (Fsp3) is 0.450. The number of allylic oxidation sites excluding steroid dienone is 3. The van der Waals surface area contributed by atoms with Crippen LogP contribution in [0.3, 0.4) is 0 Å². The number of ether oxygens (including phenoxy) is 1. The molecule has 0 bridgehead atoms. The summed E-state index contributed by atoms with van der Waals surface area (Å²) in [6, 6.07) is 7.85. The Kier molecular flexibility index (Phi) is 9.75. The molecule has 0 aliphatic heterocycles. The van der Waals surface area contributed by atoms with Gasteiger partial charge in [-0.1, -0.05) is 35.4 Å². The quantitative estimate of drug-likeness (QED) is 0.129. The van der Waals surface area contributed by atoms with Gasteiger partial charge in [-0.05, 0) is 45.7 Å². The van der Waals surface area contributed by atoms with Gasteiger partial charge in [-0.2, -0.15) is 12.6 Å². The first-order valence-electron chi connectivity index (χ1n) is 9.00. The molecule has 7 nitrogen and oxygen atoms in total. The van der Waals surface area contributed by atoms with Gasteiger partial charge in [0, 0.05) is 17.5 Å². The molecule has 1 aromatic rings. The van der Waals surface area contributed by atoms with Crippen molar-refractivity contribution in [1.82, 2.24) is 5.32 Å². The summed E-state index contributed by atoms with van der Waals surface area (Å²) in [6.45, 7) is 5.85. The van der Waals surface area contributed by atoms with E-state index in [1.54, 1.807) is 24.3 Å². The van der Waals surface area contributed by atoms with Gasteiger partial charge >= 0.3 is 11.8 Å². The van der Waals surface area contributed by atoms with E-state index in [2.05, 4.69) is 29.3 Å². The van der Waals surface area contributed by atoms with Gasteiger partial charge in [-0.15, -0.1) is 0 Å². The van der Waals surface area contributed by atoms with E-state index in [-0.39, 0.29) is 5.75 Å². The first-order valence-corrected chi connectivity index (χ1v) is 9.63. The summed E-state index contributed by atoms with van der Waals surface area (Å²) >= 11 is 4.14. The highest BCUT2D eigenvalue weighted by Gasteiger charge is 2.44. The van der Waals surface area contributed by atoms with E-state index in [1.165, 1.54) is 18.8 Å². The molecule has 2 atom stereocenters. The van der Waals surface area contributed by atoms with Crippen molar-refractivity contribution < 1.29 is 14.5 Å². The van der Waals surface area contributed by atoms with Crippen molar-refractivity contribution in [2.24, 2.45) is 0 Å². The molecule has 1 unspecified atom stereocenters. The van der Waals surface area contributed by atoms with Crippen LogP contribution in [0.15, 0.2) is 53.6 Å². The van der Waals surface area contributed by atoms with Crippen molar-refractivity contribution in [3.63, 3.8) is 0 Å². The van der Waals surface area contributed by atoms with Crippen LogP contribution in [0.25, 0.3) is 0 Å². The molecule has 1 rings (SSSR count). The van der Waals surface area contributed by atoms with Gasteiger partial charge in [0.05, 0.1) is 12.0 Å². The van der Waals surface area contributed by atoms with E-state index >= 15 is 0 Å². The molecular weight excluding hydrogens is 378 g/mol. The van der Waals surface area contributed by atoms with Gasteiger partial charge in [0.25, 0.3) is 0 Å².